The number of rotatable bonds is 6. The Balaban J connectivity index is 4.34. The second kappa shape index (κ2) is 7.25. The molecule has 0 N–H and O–H groups in total. The van der Waals surface area contributed by atoms with Gasteiger partial charge in [0.15, 0.2) is 0 Å². The first-order valence-corrected chi connectivity index (χ1v) is 6.16. The lowest BCUT2D eigenvalue weighted by Crippen LogP contribution is -2.25. The third-order valence-corrected chi connectivity index (χ3v) is 2.01. The minimum Gasteiger partial charge on any atom is -0.460 e. The van der Waals surface area contributed by atoms with Gasteiger partial charge in [-0.3, -0.25) is 9.79 Å². The first kappa shape index (κ1) is 15.9. The molecule has 0 fully saturated rings. The fourth-order valence-corrected chi connectivity index (χ4v) is 1.43. The van der Waals surface area contributed by atoms with Crippen LogP contribution in [0.5, 0.6) is 0 Å². The number of carbonyl (C=O) groups is 1. The van der Waals surface area contributed by atoms with Gasteiger partial charge in [0.05, 0.1) is 6.42 Å². The molecule has 17 heavy (non-hydrogen) atoms. The standard InChI is InChI=1S/C14H25NO2/c1-7-8-12(10-15-11(2)3)9-13(16)17-14(4,5)6/h10,12H,2,7-9H2,1,3-6H3/t12-/m1/s1. The molecule has 3 nitrogen and oxygen atoms in total. The van der Waals surface area contributed by atoms with Crippen molar-refractivity contribution in [2.45, 2.75) is 59.5 Å². The Hall–Kier alpha value is -1.12. The van der Waals surface area contributed by atoms with Crippen LogP contribution < -0.4 is 0 Å². The van der Waals surface area contributed by atoms with Crippen molar-refractivity contribution in [1.29, 1.82) is 0 Å². The summed E-state index contributed by atoms with van der Waals surface area (Å²) in [6.45, 7) is 13.3. The Bertz CT molecular complexity index is 287. The van der Waals surface area contributed by atoms with Crippen molar-refractivity contribution in [3.05, 3.63) is 12.3 Å². The largest absolute Gasteiger partial charge is 0.460 e. The summed E-state index contributed by atoms with van der Waals surface area (Å²) in [4.78, 5) is 15.8. The summed E-state index contributed by atoms with van der Waals surface area (Å²) < 4.78 is 5.30. The normalized spacial score (nSPS) is 13.7. The molecule has 0 aliphatic heterocycles. The number of ether oxygens (including phenoxy) is 1. The fraction of sp³-hybridized carbons (Fsp3) is 0.714. The number of allylic oxidation sites excluding steroid dienone is 1. The monoisotopic (exact) mass is 239 g/mol. The van der Waals surface area contributed by atoms with Gasteiger partial charge in [-0.15, -0.1) is 0 Å². The van der Waals surface area contributed by atoms with Gasteiger partial charge in [0, 0.05) is 17.8 Å². The van der Waals surface area contributed by atoms with Crippen LogP contribution >= 0.6 is 0 Å². The molecule has 3 heteroatoms. The van der Waals surface area contributed by atoms with Crippen molar-refractivity contribution >= 4 is 12.2 Å². The van der Waals surface area contributed by atoms with Gasteiger partial charge >= 0.3 is 5.97 Å². The predicted octanol–water partition coefficient (Wildman–Crippen LogP) is 3.74. The van der Waals surface area contributed by atoms with Crippen LogP contribution in [0.4, 0.5) is 0 Å². The maximum Gasteiger partial charge on any atom is 0.306 e. The molecule has 0 saturated carbocycles. The van der Waals surface area contributed by atoms with Crippen LogP contribution in [0.3, 0.4) is 0 Å². The molecule has 0 aromatic heterocycles. The van der Waals surface area contributed by atoms with E-state index in [1.54, 1.807) is 0 Å². The lowest BCUT2D eigenvalue weighted by Gasteiger charge is -2.20. The zero-order valence-electron chi connectivity index (χ0n) is 11.7. The van der Waals surface area contributed by atoms with Crippen molar-refractivity contribution in [3.8, 4) is 0 Å². The molecule has 0 aliphatic rings. The third-order valence-electron chi connectivity index (χ3n) is 2.01. The molecule has 0 heterocycles. The van der Waals surface area contributed by atoms with E-state index in [2.05, 4.69) is 18.5 Å². The van der Waals surface area contributed by atoms with Gasteiger partial charge in [0.1, 0.15) is 5.60 Å². The van der Waals surface area contributed by atoms with Gasteiger partial charge in [0.25, 0.3) is 0 Å². The van der Waals surface area contributed by atoms with Gasteiger partial charge in [-0.1, -0.05) is 19.9 Å². The highest BCUT2D eigenvalue weighted by Crippen LogP contribution is 2.14. The van der Waals surface area contributed by atoms with E-state index in [-0.39, 0.29) is 11.9 Å². The number of nitrogens with zero attached hydrogens (tertiary/aromatic N) is 1. The average Bonchev–Trinajstić information content (AvgIpc) is 2.11. The maximum absolute atomic E-state index is 11.7. The number of hydrogen-bond donors (Lipinski definition) is 0. The van der Waals surface area contributed by atoms with Crippen LogP contribution in [-0.2, 0) is 9.53 Å². The average molecular weight is 239 g/mol. The molecule has 0 aromatic carbocycles. The molecular formula is C14H25NO2. The first-order chi connectivity index (χ1) is 7.74. The summed E-state index contributed by atoms with van der Waals surface area (Å²) >= 11 is 0. The smallest absolute Gasteiger partial charge is 0.306 e. The summed E-state index contributed by atoms with van der Waals surface area (Å²) in [7, 11) is 0. The summed E-state index contributed by atoms with van der Waals surface area (Å²) in [5, 5.41) is 0. The van der Waals surface area contributed by atoms with Crippen LogP contribution in [0.2, 0.25) is 0 Å². The van der Waals surface area contributed by atoms with Crippen molar-refractivity contribution < 1.29 is 9.53 Å². The molecule has 0 radical (unpaired) electrons. The Labute approximate surface area is 105 Å². The summed E-state index contributed by atoms with van der Waals surface area (Å²) in [6.07, 6.45) is 4.17. The topological polar surface area (TPSA) is 38.7 Å². The van der Waals surface area contributed by atoms with E-state index in [0.717, 1.165) is 18.5 Å². The number of carbonyl (C=O) groups excluding carboxylic acids is 1. The van der Waals surface area contributed by atoms with E-state index in [1.807, 2.05) is 33.9 Å². The summed E-state index contributed by atoms with van der Waals surface area (Å²) in [5.74, 6) is -0.0179. The Kier molecular flexibility index (Phi) is 6.78. The Morgan fingerprint density at radius 1 is 1.47 bits per heavy atom. The minimum atomic E-state index is -0.417. The van der Waals surface area contributed by atoms with Crippen LogP contribution in [0.1, 0.15) is 53.9 Å². The third kappa shape index (κ3) is 9.79. The second-order valence-corrected chi connectivity index (χ2v) is 5.35. The van der Waals surface area contributed by atoms with Crippen molar-refractivity contribution in [2.24, 2.45) is 10.9 Å². The number of esters is 1. The van der Waals surface area contributed by atoms with E-state index in [1.165, 1.54) is 0 Å². The van der Waals surface area contributed by atoms with Crippen LogP contribution in [0, 0.1) is 5.92 Å². The van der Waals surface area contributed by atoms with Crippen molar-refractivity contribution in [2.75, 3.05) is 0 Å². The minimum absolute atomic E-state index is 0.145. The van der Waals surface area contributed by atoms with E-state index in [0.29, 0.717) is 6.42 Å². The quantitative estimate of drug-likeness (QED) is 0.523. The van der Waals surface area contributed by atoms with Gasteiger partial charge in [0.2, 0.25) is 0 Å². The highest BCUT2D eigenvalue weighted by Gasteiger charge is 2.19. The van der Waals surface area contributed by atoms with Gasteiger partial charge in [-0.25, -0.2) is 0 Å². The summed E-state index contributed by atoms with van der Waals surface area (Å²) in [6, 6.07) is 0. The number of hydrogen-bond acceptors (Lipinski definition) is 3. The van der Waals surface area contributed by atoms with Crippen LogP contribution in [0.25, 0.3) is 0 Å². The molecule has 0 rings (SSSR count). The molecule has 0 aliphatic carbocycles. The molecule has 0 aromatic rings. The molecule has 0 spiro atoms. The second-order valence-electron chi connectivity index (χ2n) is 5.35. The molecule has 0 amide bonds. The number of aliphatic imine (C=N–C) groups is 1. The Morgan fingerprint density at radius 2 is 2.06 bits per heavy atom. The highest BCUT2D eigenvalue weighted by atomic mass is 16.6. The summed E-state index contributed by atoms with van der Waals surface area (Å²) in [5.41, 5.74) is 0.342. The zero-order chi connectivity index (χ0) is 13.5. The Morgan fingerprint density at radius 3 is 2.47 bits per heavy atom. The lowest BCUT2D eigenvalue weighted by atomic mass is 10.0. The predicted molar refractivity (Wildman–Crippen MR) is 72.2 cm³/mol. The molecular weight excluding hydrogens is 214 g/mol. The van der Waals surface area contributed by atoms with Crippen LogP contribution in [-0.4, -0.2) is 17.8 Å². The fourth-order valence-electron chi connectivity index (χ4n) is 1.43. The molecule has 98 valence electrons. The lowest BCUT2D eigenvalue weighted by molar-refractivity contribution is -0.155. The highest BCUT2D eigenvalue weighted by molar-refractivity contribution is 5.75. The molecule has 0 bridgehead atoms. The molecule has 0 unspecified atom stereocenters. The molecule has 0 saturated heterocycles. The van der Waals surface area contributed by atoms with Gasteiger partial charge in [-0.2, -0.15) is 0 Å². The zero-order valence-corrected chi connectivity index (χ0v) is 11.7. The van der Waals surface area contributed by atoms with E-state index in [9.17, 15) is 4.79 Å². The van der Waals surface area contributed by atoms with Crippen molar-refractivity contribution in [3.63, 3.8) is 0 Å². The molecule has 1 atom stereocenters. The van der Waals surface area contributed by atoms with E-state index in [4.69, 9.17) is 4.74 Å². The van der Waals surface area contributed by atoms with Crippen LogP contribution in [0.15, 0.2) is 17.3 Å². The maximum atomic E-state index is 11.7. The first-order valence-electron chi connectivity index (χ1n) is 6.16. The van der Waals surface area contributed by atoms with Gasteiger partial charge in [-0.05, 0) is 34.1 Å². The SMILES string of the molecule is C=C(C)N=C[C@H](CCC)CC(=O)OC(C)(C)C. The van der Waals surface area contributed by atoms with E-state index >= 15 is 0 Å². The van der Waals surface area contributed by atoms with Gasteiger partial charge < -0.3 is 4.74 Å². The van der Waals surface area contributed by atoms with E-state index < -0.39 is 5.60 Å². The van der Waals surface area contributed by atoms with Crippen molar-refractivity contribution in [1.82, 2.24) is 0 Å².